The highest BCUT2D eigenvalue weighted by molar-refractivity contribution is 7.87. The average molecular weight is 403 g/mol. The highest BCUT2D eigenvalue weighted by Crippen LogP contribution is 2.77. The second kappa shape index (κ2) is 5.49. The van der Waals surface area contributed by atoms with Crippen LogP contribution >= 0.6 is 0 Å². The Balaban J connectivity index is 1.32. The molecular formula is C18H23F2NO5S. The van der Waals surface area contributed by atoms with E-state index in [1.165, 1.54) is 6.42 Å². The van der Waals surface area contributed by atoms with E-state index in [4.69, 9.17) is 0 Å². The number of hydrogen-bond donors (Lipinski definition) is 0. The third-order valence-corrected chi connectivity index (χ3v) is 9.30. The monoisotopic (exact) mass is 403 g/mol. The minimum Gasteiger partial charge on any atom is -0.272 e. The summed E-state index contributed by atoms with van der Waals surface area (Å²) in [5.74, 6) is -0.125. The van der Waals surface area contributed by atoms with Gasteiger partial charge in [-0.15, -0.1) is 9.35 Å². The number of nitrogens with zero attached hydrogens (tertiary/aromatic N) is 1. The Morgan fingerprint density at radius 2 is 1.85 bits per heavy atom. The Labute approximate surface area is 156 Å². The Morgan fingerprint density at radius 1 is 1.15 bits per heavy atom. The zero-order valence-electron chi connectivity index (χ0n) is 14.9. The molecule has 0 aromatic rings. The molecule has 5 fully saturated rings. The van der Waals surface area contributed by atoms with E-state index in [2.05, 4.69) is 4.28 Å². The van der Waals surface area contributed by atoms with Crippen LogP contribution in [0, 0.1) is 35.0 Å². The van der Waals surface area contributed by atoms with Gasteiger partial charge < -0.3 is 0 Å². The summed E-state index contributed by atoms with van der Waals surface area (Å²) in [6, 6.07) is 0. The van der Waals surface area contributed by atoms with Crippen molar-refractivity contribution in [2.75, 3.05) is 0 Å². The number of rotatable bonds is 5. The van der Waals surface area contributed by atoms with Crippen molar-refractivity contribution >= 4 is 21.9 Å². The maximum atomic E-state index is 14.7. The standard InChI is InChI=1S/C18H23F2NO5S/c19-18(20,27(24,25)26-21-14(22)3-4-15(21)23)9-12-6-11-7-13(12)17-5-1-2-10(8-17)16(11)17/h10-13,16H,1-9H2. The molecule has 9 heteroatoms. The fraction of sp³-hybridized carbons (Fsp3) is 0.889. The van der Waals surface area contributed by atoms with Gasteiger partial charge in [0.05, 0.1) is 0 Å². The second-order valence-electron chi connectivity index (χ2n) is 9.17. The fourth-order valence-corrected chi connectivity index (χ4v) is 8.22. The summed E-state index contributed by atoms with van der Waals surface area (Å²) in [6.45, 7) is 0. The molecule has 2 amide bonds. The molecule has 1 saturated heterocycles. The zero-order chi connectivity index (χ0) is 19.2. The molecule has 6 nitrogen and oxygen atoms in total. The minimum absolute atomic E-state index is 0.0174. The molecule has 0 aromatic heterocycles. The first-order chi connectivity index (χ1) is 12.6. The Bertz CT molecular complexity index is 795. The summed E-state index contributed by atoms with van der Waals surface area (Å²) in [5, 5.41) is -4.13. The van der Waals surface area contributed by atoms with Crippen molar-refractivity contribution in [2.45, 2.75) is 63.0 Å². The predicted molar refractivity (Wildman–Crippen MR) is 88.2 cm³/mol. The molecule has 1 aliphatic heterocycles. The quantitative estimate of drug-likeness (QED) is 0.660. The van der Waals surface area contributed by atoms with Gasteiger partial charge in [-0.25, -0.2) is 0 Å². The summed E-state index contributed by atoms with van der Waals surface area (Å²) in [6.07, 6.45) is 4.94. The highest BCUT2D eigenvalue weighted by Gasteiger charge is 2.71. The van der Waals surface area contributed by atoms with Crippen LogP contribution in [0.1, 0.15) is 57.8 Å². The van der Waals surface area contributed by atoms with E-state index < -0.39 is 33.6 Å². The van der Waals surface area contributed by atoms with Crippen LogP contribution in [0.3, 0.4) is 0 Å². The van der Waals surface area contributed by atoms with E-state index >= 15 is 0 Å². The molecule has 5 aliphatic rings. The van der Waals surface area contributed by atoms with Crippen LogP contribution in [0.15, 0.2) is 0 Å². The summed E-state index contributed by atoms with van der Waals surface area (Å²) in [4.78, 5) is 23.0. The summed E-state index contributed by atoms with van der Waals surface area (Å²) in [7, 11) is -5.40. The molecule has 0 radical (unpaired) electrons. The predicted octanol–water partition coefficient (Wildman–Crippen LogP) is 2.84. The molecule has 1 heterocycles. The Hall–Kier alpha value is -1.09. The maximum Gasteiger partial charge on any atom is 0.372 e. The molecule has 0 N–H and O–H groups in total. The second-order valence-corrected chi connectivity index (χ2v) is 10.8. The van der Waals surface area contributed by atoms with Gasteiger partial charge in [0.15, 0.2) is 0 Å². The number of imide groups is 1. The number of halogens is 2. The lowest BCUT2D eigenvalue weighted by Gasteiger charge is -2.63. The topological polar surface area (TPSA) is 80.8 Å². The van der Waals surface area contributed by atoms with E-state index in [9.17, 15) is 26.8 Å². The molecule has 27 heavy (non-hydrogen) atoms. The highest BCUT2D eigenvalue weighted by atomic mass is 32.2. The number of alkyl halides is 2. The van der Waals surface area contributed by atoms with Crippen molar-refractivity contribution in [1.29, 1.82) is 0 Å². The first kappa shape index (κ1) is 18.0. The van der Waals surface area contributed by atoms with Crippen LogP contribution in [-0.2, 0) is 24.0 Å². The molecule has 0 aromatic carbocycles. The molecule has 5 rings (SSSR count). The minimum atomic E-state index is -5.40. The number of hydrogen-bond acceptors (Lipinski definition) is 5. The average Bonchev–Trinajstić information content (AvgIpc) is 3.19. The normalized spacial score (nSPS) is 43.2. The van der Waals surface area contributed by atoms with Crippen LogP contribution in [0.2, 0.25) is 0 Å². The zero-order valence-corrected chi connectivity index (χ0v) is 15.7. The fourth-order valence-electron chi connectivity index (χ4n) is 7.33. The van der Waals surface area contributed by atoms with Gasteiger partial charge in [-0.1, -0.05) is 12.8 Å². The lowest BCUT2D eigenvalue weighted by molar-refractivity contribution is -0.166. The van der Waals surface area contributed by atoms with E-state index in [0.717, 1.165) is 31.6 Å². The smallest absolute Gasteiger partial charge is 0.272 e. The third kappa shape index (κ3) is 2.33. The molecule has 150 valence electrons. The third-order valence-electron chi connectivity index (χ3n) is 8.05. The number of carbonyl (C=O) groups excluding carboxylic acids is 2. The maximum absolute atomic E-state index is 14.7. The van der Waals surface area contributed by atoms with E-state index in [1.807, 2.05) is 0 Å². The lowest BCUT2D eigenvalue weighted by Crippen LogP contribution is -2.56. The summed E-state index contributed by atoms with van der Waals surface area (Å²) >= 11 is 0. The molecule has 4 saturated carbocycles. The van der Waals surface area contributed by atoms with Crippen molar-refractivity contribution in [1.82, 2.24) is 5.06 Å². The van der Waals surface area contributed by atoms with Crippen molar-refractivity contribution in [3.8, 4) is 0 Å². The molecule has 6 unspecified atom stereocenters. The molecule has 4 bridgehead atoms. The van der Waals surface area contributed by atoms with Crippen molar-refractivity contribution < 1.29 is 31.1 Å². The lowest BCUT2D eigenvalue weighted by atomic mass is 9.41. The van der Waals surface area contributed by atoms with Gasteiger partial charge in [0.2, 0.25) is 0 Å². The van der Waals surface area contributed by atoms with Gasteiger partial charge in [0, 0.05) is 19.3 Å². The summed E-state index contributed by atoms with van der Waals surface area (Å²) in [5.41, 5.74) is 0.165. The van der Waals surface area contributed by atoms with E-state index in [1.54, 1.807) is 0 Å². The van der Waals surface area contributed by atoms with E-state index in [-0.39, 0.29) is 35.2 Å². The van der Waals surface area contributed by atoms with Crippen LogP contribution in [-0.4, -0.2) is 30.5 Å². The van der Waals surface area contributed by atoms with Crippen LogP contribution in [0.4, 0.5) is 8.78 Å². The Morgan fingerprint density at radius 3 is 2.52 bits per heavy atom. The largest absolute Gasteiger partial charge is 0.372 e. The van der Waals surface area contributed by atoms with Crippen molar-refractivity contribution in [2.24, 2.45) is 35.0 Å². The molecular weight excluding hydrogens is 380 g/mol. The van der Waals surface area contributed by atoms with Gasteiger partial charge in [0.25, 0.3) is 11.8 Å². The first-order valence-corrected chi connectivity index (χ1v) is 11.2. The van der Waals surface area contributed by atoms with Crippen molar-refractivity contribution in [3.05, 3.63) is 0 Å². The van der Waals surface area contributed by atoms with E-state index in [0.29, 0.717) is 18.3 Å². The molecule has 4 aliphatic carbocycles. The van der Waals surface area contributed by atoms with Crippen LogP contribution < -0.4 is 0 Å². The van der Waals surface area contributed by atoms with Crippen molar-refractivity contribution in [3.63, 3.8) is 0 Å². The number of carbonyl (C=O) groups is 2. The van der Waals surface area contributed by atoms with Crippen LogP contribution in [0.5, 0.6) is 0 Å². The molecule has 1 spiro atoms. The summed E-state index contributed by atoms with van der Waals surface area (Å²) < 4.78 is 57.9. The molecule has 6 atom stereocenters. The van der Waals surface area contributed by atoms with Crippen LogP contribution in [0.25, 0.3) is 0 Å². The van der Waals surface area contributed by atoms with Gasteiger partial charge in [-0.3, -0.25) is 9.59 Å². The van der Waals surface area contributed by atoms with Gasteiger partial charge >= 0.3 is 15.4 Å². The van der Waals surface area contributed by atoms with Gasteiger partial charge in [-0.2, -0.15) is 17.2 Å². The number of amides is 2. The van der Waals surface area contributed by atoms with Gasteiger partial charge in [-0.05, 0) is 60.7 Å². The SMILES string of the molecule is O=C1CCC(=O)N1OS(=O)(=O)C(F)(F)CC1CC2CC1C13CCCC(C1)C23. The number of fused-ring (bicyclic) bond motifs is 5. The Kier molecular flexibility index (Phi) is 3.66. The first-order valence-electron chi connectivity index (χ1n) is 9.82. The van der Waals surface area contributed by atoms with Gasteiger partial charge in [0.1, 0.15) is 0 Å². The number of hydroxylamine groups is 2.